The van der Waals surface area contributed by atoms with E-state index < -0.39 is 12.0 Å². The summed E-state index contributed by atoms with van der Waals surface area (Å²) in [5.74, 6) is 1.12. The van der Waals surface area contributed by atoms with Crippen LogP contribution < -0.4 is 19.5 Å². The van der Waals surface area contributed by atoms with E-state index in [0.29, 0.717) is 52.7 Å². The van der Waals surface area contributed by atoms with Gasteiger partial charge >= 0.3 is 6.61 Å². The Labute approximate surface area is 190 Å². The Morgan fingerprint density at radius 2 is 2.12 bits per heavy atom. The lowest BCUT2D eigenvalue weighted by molar-refractivity contribution is -0.0524. The van der Waals surface area contributed by atoms with Crippen molar-refractivity contribution in [3.8, 4) is 28.5 Å². The fraction of sp³-hybridized carbons (Fsp3) is 0.261. The average Bonchev–Trinajstić information content (AvgIpc) is 3.14. The van der Waals surface area contributed by atoms with Crippen LogP contribution in [-0.2, 0) is 12.0 Å². The molecule has 0 saturated heterocycles. The van der Waals surface area contributed by atoms with E-state index in [-0.39, 0.29) is 24.3 Å². The first-order valence-electron chi connectivity index (χ1n) is 10.7. The van der Waals surface area contributed by atoms with Crippen molar-refractivity contribution in [1.29, 1.82) is 0 Å². The highest BCUT2D eigenvalue weighted by molar-refractivity contribution is 5.84. The zero-order chi connectivity index (χ0) is 23.0. The SMILES string of the molecule is Fc1ccc2c3c1CNc1c(cc(-c4cccnc4OC(F)F)c4nncn14)O[C@@H]1CC31CO2. The van der Waals surface area contributed by atoms with Gasteiger partial charge in [-0.1, -0.05) is 0 Å². The minimum atomic E-state index is -3.04. The van der Waals surface area contributed by atoms with E-state index in [9.17, 15) is 13.2 Å². The van der Waals surface area contributed by atoms with E-state index in [1.165, 1.54) is 18.6 Å². The van der Waals surface area contributed by atoms with Crippen molar-refractivity contribution in [2.75, 3.05) is 11.9 Å². The third-order valence-corrected chi connectivity index (χ3v) is 6.71. The molecular formula is C23H16F3N5O3. The van der Waals surface area contributed by atoms with Crippen LogP contribution in [-0.4, -0.2) is 38.9 Å². The van der Waals surface area contributed by atoms with E-state index in [1.807, 2.05) is 0 Å². The summed E-state index contributed by atoms with van der Waals surface area (Å²) in [4.78, 5) is 3.96. The average molecular weight is 467 g/mol. The first-order valence-corrected chi connectivity index (χ1v) is 10.7. The maximum absolute atomic E-state index is 14.9. The summed E-state index contributed by atoms with van der Waals surface area (Å²) < 4.78 is 59.5. The fourth-order valence-electron chi connectivity index (χ4n) is 5.08. The highest BCUT2D eigenvalue weighted by atomic mass is 19.3. The Morgan fingerprint density at radius 3 is 3.00 bits per heavy atom. The zero-order valence-corrected chi connectivity index (χ0v) is 17.5. The lowest BCUT2D eigenvalue weighted by Gasteiger charge is -2.17. The summed E-state index contributed by atoms with van der Waals surface area (Å²) in [7, 11) is 0. The van der Waals surface area contributed by atoms with Crippen LogP contribution >= 0.6 is 0 Å². The molecule has 1 aliphatic carbocycles. The molecule has 0 radical (unpaired) electrons. The largest absolute Gasteiger partial charge is 0.492 e. The minimum Gasteiger partial charge on any atom is -0.492 e. The number of hydrogen-bond donors (Lipinski definition) is 1. The third-order valence-electron chi connectivity index (χ3n) is 6.71. The van der Waals surface area contributed by atoms with Crippen LogP contribution in [0.4, 0.5) is 19.0 Å². The van der Waals surface area contributed by atoms with Crippen molar-refractivity contribution in [1.82, 2.24) is 19.6 Å². The molecule has 2 aliphatic heterocycles. The van der Waals surface area contributed by atoms with Gasteiger partial charge in [0.25, 0.3) is 0 Å². The standard InChI is InChI=1S/C23H16F3N5O3/c24-14-3-4-15-18-13(14)8-28-20-16(33-17-7-23(17,18)9-32-15)6-12(19-30-29-10-31(19)20)11-2-1-5-27-21(11)34-22(25)26/h1-6,10,17,22,28H,7-9H2/t17-,23?/m1/s1. The van der Waals surface area contributed by atoms with E-state index in [4.69, 9.17) is 9.47 Å². The first kappa shape index (κ1) is 19.4. The quantitative estimate of drug-likeness (QED) is 0.489. The van der Waals surface area contributed by atoms with Crippen LogP contribution in [0, 0.1) is 5.82 Å². The van der Waals surface area contributed by atoms with Gasteiger partial charge in [0.2, 0.25) is 5.88 Å². The number of hydrogen-bond acceptors (Lipinski definition) is 7. The maximum Gasteiger partial charge on any atom is 0.388 e. The molecule has 8 nitrogen and oxygen atoms in total. The molecule has 1 unspecified atom stereocenters. The monoisotopic (exact) mass is 467 g/mol. The van der Waals surface area contributed by atoms with E-state index in [2.05, 4.69) is 25.2 Å². The van der Waals surface area contributed by atoms with Gasteiger partial charge in [-0.25, -0.2) is 9.37 Å². The van der Waals surface area contributed by atoms with Crippen LogP contribution in [0.15, 0.2) is 42.9 Å². The van der Waals surface area contributed by atoms with Crippen molar-refractivity contribution in [2.45, 2.75) is 31.1 Å². The molecule has 11 heteroatoms. The van der Waals surface area contributed by atoms with Gasteiger partial charge in [-0.15, -0.1) is 10.2 Å². The molecule has 0 bridgehead atoms. The predicted molar refractivity (Wildman–Crippen MR) is 113 cm³/mol. The molecule has 1 aromatic carbocycles. The number of aromatic nitrogens is 4. The number of anilines is 1. The van der Waals surface area contributed by atoms with Gasteiger partial charge in [-0.05, 0) is 30.3 Å². The second-order valence-electron chi connectivity index (χ2n) is 8.54. The van der Waals surface area contributed by atoms with Crippen LogP contribution in [0.2, 0.25) is 0 Å². The lowest BCUT2D eigenvalue weighted by Crippen LogP contribution is -2.19. The summed E-state index contributed by atoms with van der Waals surface area (Å²) in [6.45, 7) is -2.43. The Morgan fingerprint density at radius 1 is 1.21 bits per heavy atom. The normalized spacial score (nSPS) is 21.8. The first-order chi connectivity index (χ1) is 16.5. The van der Waals surface area contributed by atoms with Gasteiger partial charge < -0.3 is 19.5 Å². The molecule has 7 rings (SSSR count). The highest BCUT2D eigenvalue weighted by Crippen LogP contribution is 2.59. The summed E-state index contributed by atoms with van der Waals surface area (Å²) in [6, 6.07) is 8.01. The van der Waals surface area contributed by atoms with E-state index in [0.717, 1.165) is 5.56 Å². The molecule has 1 N–H and O–H groups in total. The Balaban J connectivity index is 1.41. The molecule has 1 spiro atoms. The Hall–Kier alpha value is -4.02. The van der Waals surface area contributed by atoms with Gasteiger partial charge in [0.05, 0.1) is 5.41 Å². The fourth-order valence-corrected chi connectivity index (χ4v) is 5.08. The lowest BCUT2D eigenvalue weighted by atomic mass is 9.92. The second kappa shape index (κ2) is 6.75. The van der Waals surface area contributed by atoms with Crippen LogP contribution in [0.1, 0.15) is 17.5 Å². The molecule has 4 aromatic rings. The Bertz CT molecular complexity index is 1480. The van der Waals surface area contributed by atoms with Gasteiger partial charge in [0, 0.05) is 41.4 Å². The predicted octanol–water partition coefficient (Wildman–Crippen LogP) is 3.94. The molecule has 1 saturated carbocycles. The number of alkyl halides is 2. The van der Waals surface area contributed by atoms with E-state index >= 15 is 0 Å². The minimum absolute atomic E-state index is 0.197. The maximum atomic E-state index is 14.9. The molecule has 172 valence electrons. The number of benzene rings is 1. The second-order valence-corrected chi connectivity index (χ2v) is 8.54. The molecule has 34 heavy (non-hydrogen) atoms. The number of ether oxygens (including phenoxy) is 3. The van der Waals surface area contributed by atoms with Gasteiger partial charge in [-0.3, -0.25) is 4.40 Å². The van der Waals surface area contributed by atoms with Crippen LogP contribution in [0.25, 0.3) is 16.8 Å². The van der Waals surface area contributed by atoms with Crippen molar-refractivity contribution in [3.63, 3.8) is 0 Å². The third kappa shape index (κ3) is 2.63. The number of rotatable bonds is 3. The smallest absolute Gasteiger partial charge is 0.388 e. The molecule has 2 atom stereocenters. The van der Waals surface area contributed by atoms with E-state index in [1.54, 1.807) is 28.7 Å². The molecule has 1 fully saturated rings. The number of halogens is 3. The van der Waals surface area contributed by atoms with Crippen molar-refractivity contribution in [3.05, 3.63) is 59.8 Å². The molecule has 0 amide bonds. The van der Waals surface area contributed by atoms with Gasteiger partial charge in [-0.2, -0.15) is 8.78 Å². The van der Waals surface area contributed by atoms with Crippen LogP contribution in [0.5, 0.6) is 17.4 Å². The van der Waals surface area contributed by atoms with Gasteiger partial charge in [0.1, 0.15) is 30.6 Å². The van der Waals surface area contributed by atoms with Crippen molar-refractivity contribution in [2.24, 2.45) is 0 Å². The van der Waals surface area contributed by atoms with Crippen LogP contribution in [0.3, 0.4) is 0 Å². The van der Waals surface area contributed by atoms with Crippen molar-refractivity contribution >= 4 is 11.5 Å². The number of pyridine rings is 2. The molecule has 5 heterocycles. The highest BCUT2D eigenvalue weighted by Gasteiger charge is 2.64. The zero-order valence-electron chi connectivity index (χ0n) is 17.5. The molecule has 3 aromatic heterocycles. The topological polar surface area (TPSA) is 82.8 Å². The summed E-state index contributed by atoms with van der Waals surface area (Å²) in [6.07, 6.45) is 3.30. The Kier molecular flexibility index (Phi) is 3.86. The summed E-state index contributed by atoms with van der Waals surface area (Å²) in [5, 5.41) is 11.5. The number of nitrogens with zero attached hydrogens (tertiary/aromatic N) is 4. The molecular weight excluding hydrogens is 451 g/mol. The summed E-state index contributed by atoms with van der Waals surface area (Å²) >= 11 is 0. The number of nitrogens with one attached hydrogen (secondary N) is 1. The van der Waals surface area contributed by atoms with Crippen molar-refractivity contribution < 1.29 is 27.4 Å². The molecule has 3 aliphatic rings. The van der Waals surface area contributed by atoms with Gasteiger partial charge in [0.15, 0.2) is 17.2 Å². The number of fused-ring (bicyclic) bond motifs is 3. The summed E-state index contributed by atoms with van der Waals surface area (Å²) in [5.41, 5.74) is 2.13.